The number of nitrogens with one attached hydrogen (secondary N) is 2. The van der Waals surface area contributed by atoms with Crippen LogP contribution in [0.25, 0.3) is 16.9 Å². The van der Waals surface area contributed by atoms with Crippen LogP contribution in [0.1, 0.15) is 5.56 Å². The van der Waals surface area contributed by atoms with Crippen LogP contribution in [0.4, 0.5) is 5.69 Å². The van der Waals surface area contributed by atoms with Gasteiger partial charge in [0.05, 0.1) is 22.6 Å². The van der Waals surface area contributed by atoms with Gasteiger partial charge in [-0.05, 0) is 24.3 Å². The Bertz CT molecular complexity index is 1270. The third-order valence-electron chi connectivity index (χ3n) is 4.51. The van der Waals surface area contributed by atoms with E-state index in [1.54, 1.807) is 35.1 Å². The molecule has 32 heavy (non-hydrogen) atoms. The second kappa shape index (κ2) is 9.72. The van der Waals surface area contributed by atoms with Gasteiger partial charge in [0.15, 0.2) is 0 Å². The molecule has 7 nitrogen and oxygen atoms in total. The average Bonchev–Trinajstić information content (AvgIpc) is 3.26. The van der Waals surface area contributed by atoms with E-state index in [-0.39, 0.29) is 0 Å². The van der Waals surface area contributed by atoms with E-state index >= 15 is 0 Å². The molecule has 8 heteroatoms. The van der Waals surface area contributed by atoms with Crippen molar-refractivity contribution in [3.8, 4) is 16.9 Å². The predicted molar refractivity (Wildman–Crippen MR) is 125 cm³/mol. The first-order valence-corrected chi connectivity index (χ1v) is 10.1. The van der Waals surface area contributed by atoms with Crippen LogP contribution in [0, 0.1) is 0 Å². The lowest BCUT2D eigenvalue weighted by Crippen LogP contribution is -2.32. The SMILES string of the molecule is O=C(N/N=C\c1cn(-c2ccccc2)nc1-c1ccccc1)C(=O)Nc1ccccc1Cl. The molecule has 158 valence electrons. The standard InChI is InChI=1S/C24H18ClN5O2/c25-20-13-7-8-14-21(20)27-23(31)24(32)28-26-15-18-16-30(19-11-5-2-6-12-19)29-22(18)17-9-3-1-4-10-17/h1-16H,(H,27,31)(H,28,32)/b26-15-. The Kier molecular flexibility index (Phi) is 6.38. The van der Waals surface area contributed by atoms with Crippen LogP contribution < -0.4 is 10.7 Å². The normalized spacial score (nSPS) is 10.8. The highest BCUT2D eigenvalue weighted by Crippen LogP contribution is 2.22. The summed E-state index contributed by atoms with van der Waals surface area (Å²) < 4.78 is 1.73. The summed E-state index contributed by atoms with van der Waals surface area (Å²) in [6.07, 6.45) is 3.26. The first-order valence-electron chi connectivity index (χ1n) is 9.71. The van der Waals surface area contributed by atoms with E-state index in [2.05, 4.69) is 20.9 Å². The summed E-state index contributed by atoms with van der Waals surface area (Å²) in [7, 11) is 0. The summed E-state index contributed by atoms with van der Waals surface area (Å²) in [5.41, 5.74) is 5.72. The van der Waals surface area contributed by atoms with Gasteiger partial charge in [-0.25, -0.2) is 10.1 Å². The van der Waals surface area contributed by atoms with Gasteiger partial charge in [-0.15, -0.1) is 0 Å². The lowest BCUT2D eigenvalue weighted by atomic mass is 10.1. The highest BCUT2D eigenvalue weighted by molar-refractivity contribution is 6.41. The number of carbonyl (C=O) groups excluding carboxylic acids is 2. The number of carbonyl (C=O) groups is 2. The number of aromatic nitrogens is 2. The smallest absolute Gasteiger partial charge is 0.316 e. The maximum atomic E-state index is 12.1. The van der Waals surface area contributed by atoms with E-state index in [0.29, 0.717) is 22.0 Å². The Balaban J connectivity index is 1.52. The van der Waals surface area contributed by atoms with Crippen molar-refractivity contribution < 1.29 is 9.59 Å². The molecule has 0 radical (unpaired) electrons. The third kappa shape index (κ3) is 4.91. The monoisotopic (exact) mass is 443 g/mol. The largest absolute Gasteiger partial charge is 0.329 e. The minimum atomic E-state index is -0.919. The van der Waals surface area contributed by atoms with Crippen molar-refractivity contribution >= 4 is 35.3 Å². The fourth-order valence-electron chi connectivity index (χ4n) is 2.97. The van der Waals surface area contributed by atoms with Crippen molar-refractivity contribution in [1.82, 2.24) is 15.2 Å². The molecule has 0 spiro atoms. The first-order chi connectivity index (χ1) is 15.6. The lowest BCUT2D eigenvalue weighted by Gasteiger charge is -2.05. The molecule has 3 aromatic carbocycles. The van der Waals surface area contributed by atoms with Gasteiger partial charge in [0, 0.05) is 17.3 Å². The summed E-state index contributed by atoms with van der Waals surface area (Å²) >= 11 is 6.00. The van der Waals surface area contributed by atoms with Crippen LogP contribution >= 0.6 is 11.6 Å². The van der Waals surface area contributed by atoms with E-state index in [9.17, 15) is 9.59 Å². The van der Waals surface area contributed by atoms with Crippen molar-refractivity contribution in [2.45, 2.75) is 0 Å². The van der Waals surface area contributed by atoms with Gasteiger partial charge in [-0.2, -0.15) is 10.2 Å². The van der Waals surface area contributed by atoms with E-state index in [4.69, 9.17) is 11.6 Å². The number of benzene rings is 3. The number of para-hydroxylation sites is 2. The van der Waals surface area contributed by atoms with Crippen molar-refractivity contribution in [2.24, 2.45) is 5.10 Å². The fourth-order valence-corrected chi connectivity index (χ4v) is 3.15. The zero-order valence-corrected chi connectivity index (χ0v) is 17.5. The zero-order chi connectivity index (χ0) is 22.3. The molecule has 4 aromatic rings. The first kappa shape index (κ1) is 21.0. The number of anilines is 1. The molecule has 1 heterocycles. The minimum Gasteiger partial charge on any atom is -0.316 e. The Hall–Kier alpha value is -4.23. The summed E-state index contributed by atoms with van der Waals surface area (Å²) in [4.78, 5) is 24.2. The summed E-state index contributed by atoms with van der Waals surface area (Å²) in [6, 6.07) is 25.9. The van der Waals surface area contributed by atoms with Crippen molar-refractivity contribution in [1.29, 1.82) is 0 Å². The molecular formula is C24H18ClN5O2. The molecule has 0 saturated carbocycles. The molecular weight excluding hydrogens is 426 g/mol. The van der Waals surface area contributed by atoms with Gasteiger partial charge in [0.1, 0.15) is 5.69 Å². The van der Waals surface area contributed by atoms with Gasteiger partial charge in [0.2, 0.25) is 0 Å². The molecule has 0 unspecified atom stereocenters. The van der Waals surface area contributed by atoms with Gasteiger partial charge in [0.25, 0.3) is 0 Å². The van der Waals surface area contributed by atoms with E-state index in [1.165, 1.54) is 6.21 Å². The molecule has 2 N–H and O–H groups in total. The molecule has 0 saturated heterocycles. The van der Waals surface area contributed by atoms with Gasteiger partial charge < -0.3 is 5.32 Å². The summed E-state index contributed by atoms with van der Waals surface area (Å²) in [6.45, 7) is 0. The Morgan fingerprint density at radius 2 is 1.53 bits per heavy atom. The summed E-state index contributed by atoms with van der Waals surface area (Å²) in [5, 5.41) is 11.4. The fraction of sp³-hybridized carbons (Fsp3) is 0. The van der Waals surface area contributed by atoms with Crippen molar-refractivity contribution in [2.75, 3.05) is 5.32 Å². The second-order valence-electron chi connectivity index (χ2n) is 6.71. The number of amides is 2. The quantitative estimate of drug-likeness (QED) is 0.274. The topological polar surface area (TPSA) is 88.4 Å². The molecule has 0 fully saturated rings. The van der Waals surface area contributed by atoms with Crippen molar-refractivity contribution in [3.05, 3.63) is 102 Å². The van der Waals surface area contributed by atoms with Crippen LogP contribution in [0.2, 0.25) is 5.02 Å². The van der Waals surface area contributed by atoms with Gasteiger partial charge >= 0.3 is 11.8 Å². The molecule has 0 aliphatic heterocycles. The Morgan fingerprint density at radius 3 is 2.25 bits per heavy atom. The molecule has 4 rings (SSSR count). The van der Waals surface area contributed by atoms with Crippen molar-refractivity contribution in [3.63, 3.8) is 0 Å². The Morgan fingerprint density at radius 1 is 0.875 bits per heavy atom. The third-order valence-corrected chi connectivity index (χ3v) is 4.84. The van der Waals surface area contributed by atoms with Crippen LogP contribution in [-0.4, -0.2) is 27.8 Å². The van der Waals surface area contributed by atoms with Crippen LogP contribution in [0.5, 0.6) is 0 Å². The molecule has 0 aliphatic rings. The van der Waals surface area contributed by atoms with E-state index in [0.717, 1.165) is 11.3 Å². The summed E-state index contributed by atoms with van der Waals surface area (Å²) in [5.74, 6) is -1.80. The number of rotatable bonds is 5. The number of halogens is 1. The average molecular weight is 444 g/mol. The maximum Gasteiger partial charge on any atom is 0.329 e. The molecule has 0 aliphatic carbocycles. The maximum absolute atomic E-state index is 12.1. The van der Waals surface area contributed by atoms with Gasteiger partial charge in [-0.1, -0.05) is 72.3 Å². The van der Waals surface area contributed by atoms with E-state index < -0.39 is 11.8 Å². The number of hydrogen-bond acceptors (Lipinski definition) is 4. The number of hydrazone groups is 1. The van der Waals surface area contributed by atoms with Crippen LogP contribution in [0.3, 0.4) is 0 Å². The number of nitrogens with zero attached hydrogens (tertiary/aromatic N) is 3. The molecule has 1 aromatic heterocycles. The second-order valence-corrected chi connectivity index (χ2v) is 7.12. The molecule has 2 amide bonds. The molecule has 0 bridgehead atoms. The van der Waals surface area contributed by atoms with Gasteiger partial charge in [-0.3, -0.25) is 9.59 Å². The minimum absolute atomic E-state index is 0.331. The zero-order valence-electron chi connectivity index (χ0n) is 16.8. The van der Waals surface area contributed by atoms with Crippen LogP contribution in [-0.2, 0) is 9.59 Å². The molecule has 0 atom stereocenters. The lowest BCUT2D eigenvalue weighted by molar-refractivity contribution is -0.136. The highest BCUT2D eigenvalue weighted by atomic mass is 35.5. The predicted octanol–water partition coefficient (Wildman–Crippen LogP) is 4.28. The van der Waals surface area contributed by atoms with E-state index in [1.807, 2.05) is 60.7 Å². The number of hydrogen-bond donors (Lipinski definition) is 2. The van der Waals surface area contributed by atoms with Crippen LogP contribution in [0.15, 0.2) is 96.2 Å². The highest BCUT2D eigenvalue weighted by Gasteiger charge is 2.15. The Labute approximate surface area is 189 Å².